The summed E-state index contributed by atoms with van der Waals surface area (Å²) < 4.78 is 5.48. The number of nitrogens with one attached hydrogen (secondary N) is 1. The molecule has 0 spiro atoms. The van der Waals surface area contributed by atoms with Gasteiger partial charge in [0, 0.05) is 25.7 Å². The van der Waals surface area contributed by atoms with E-state index in [2.05, 4.69) is 5.32 Å². The minimum absolute atomic E-state index is 0.160. The number of hydrogen-bond acceptors (Lipinski definition) is 4. The summed E-state index contributed by atoms with van der Waals surface area (Å²) >= 11 is 0. The second kappa shape index (κ2) is 7.64. The standard InChI is InChI=1S/C17H32N2O3/c1-17(2,3)22-16(21)19-10-6-8-14(19)12-18-11-13-7-4-5-9-15(13)20/h13-15,18,20H,4-12H2,1-3H3. The zero-order valence-corrected chi connectivity index (χ0v) is 14.3. The van der Waals surface area contributed by atoms with E-state index in [-0.39, 0.29) is 18.2 Å². The van der Waals surface area contributed by atoms with Gasteiger partial charge in [0.1, 0.15) is 5.60 Å². The molecular formula is C17H32N2O3. The second-order valence-corrected chi connectivity index (χ2v) is 7.74. The third-order valence-corrected chi connectivity index (χ3v) is 4.66. The van der Waals surface area contributed by atoms with Crippen molar-refractivity contribution < 1.29 is 14.6 Å². The molecule has 2 fully saturated rings. The van der Waals surface area contributed by atoms with E-state index in [9.17, 15) is 9.90 Å². The average Bonchev–Trinajstić information content (AvgIpc) is 2.87. The van der Waals surface area contributed by atoms with Crippen LogP contribution >= 0.6 is 0 Å². The Morgan fingerprint density at radius 2 is 1.91 bits per heavy atom. The fourth-order valence-electron chi connectivity index (χ4n) is 3.47. The first-order chi connectivity index (χ1) is 10.4. The lowest BCUT2D eigenvalue weighted by atomic mass is 9.86. The van der Waals surface area contributed by atoms with E-state index in [0.29, 0.717) is 5.92 Å². The minimum atomic E-state index is -0.441. The predicted octanol–water partition coefficient (Wildman–Crippen LogP) is 2.53. The molecule has 0 radical (unpaired) electrons. The fourth-order valence-corrected chi connectivity index (χ4v) is 3.47. The molecule has 1 aliphatic carbocycles. The Morgan fingerprint density at radius 3 is 2.59 bits per heavy atom. The minimum Gasteiger partial charge on any atom is -0.444 e. The van der Waals surface area contributed by atoms with Gasteiger partial charge >= 0.3 is 6.09 Å². The Bertz CT molecular complexity index is 367. The molecule has 2 aliphatic rings. The summed E-state index contributed by atoms with van der Waals surface area (Å²) in [5.74, 6) is 0.366. The molecule has 2 N–H and O–H groups in total. The van der Waals surface area contributed by atoms with Crippen LogP contribution in [0.25, 0.3) is 0 Å². The molecule has 1 saturated heterocycles. The number of carbonyl (C=O) groups is 1. The van der Waals surface area contributed by atoms with E-state index in [4.69, 9.17) is 4.74 Å². The molecule has 5 nitrogen and oxygen atoms in total. The summed E-state index contributed by atoms with van der Waals surface area (Å²) in [6, 6.07) is 0.218. The summed E-state index contributed by atoms with van der Waals surface area (Å²) in [7, 11) is 0. The molecule has 3 atom stereocenters. The van der Waals surface area contributed by atoms with Crippen molar-refractivity contribution in [1.29, 1.82) is 0 Å². The molecule has 1 aliphatic heterocycles. The average molecular weight is 312 g/mol. The summed E-state index contributed by atoms with van der Waals surface area (Å²) in [5.41, 5.74) is -0.441. The predicted molar refractivity (Wildman–Crippen MR) is 86.8 cm³/mol. The Hall–Kier alpha value is -0.810. The van der Waals surface area contributed by atoms with Crippen LogP contribution in [-0.4, -0.2) is 53.5 Å². The monoisotopic (exact) mass is 312 g/mol. The van der Waals surface area contributed by atoms with Gasteiger partial charge in [0.05, 0.1) is 6.10 Å². The second-order valence-electron chi connectivity index (χ2n) is 7.74. The Kier molecular flexibility index (Phi) is 6.09. The third-order valence-electron chi connectivity index (χ3n) is 4.66. The van der Waals surface area contributed by atoms with E-state index in [1.54, 1.807) is 0 Å². The van der Waals surface area contributed by atoms with Gasteiger partial charge in [0.15, 0.2) is 0 Å². The van der Waals surface area contributed by atoms with Crippen LogP contribution in [0.3, 0.4) is 0 Å². The zero-order valence-electron chi connectivity index (χ0n) is 14.3. The van der Waals surface area contributed by atoms with E-state index in [1.807, 2.05) is 25.7 Å². The van der Waals surface area contributed by atoms with Crippen molar-refractivity contribution >= 4 is 6.09 Å². The molecule has 128 valence electrons. The normalized spacial score (nSPS) is 29.6. The van der Waals surface area contributed by atoms with Crippen LogP contribution in [-0.2, 0) is 4.74 Å². The van der Waals surface area contributed by atoms with Crippen LogP contribution < -0.4 is 5.32 Å². The number of nitrogens with zero attached hydrogens (tertiary/aromatic N) is 1. The third kappa shape index (κ3) is 5.13. The highest BCUT2D eigenvalue weighted by Gasteiger charge is 2.32. The van der Waals surface area contributed by atoms with Crippen molar-refractivity contribution in [3.05, 3.63) is 0 Å². The van der Waals surface area contributed by atoms with Gasteiger partial charge in [-0.2, -0.15) is 0 Å². The first-order valence-corrected chi connectivity index (χ1v) is 8.75. The van der Waals surface area contributed by atoms with Crippen molar-refractivity contribution in [2.45, 2.75) is 77.0 Å². The molecule has 0 aromatic rings. The molecule has 2 rings (SSSR count). The van der Waals surface area contributed by atoms with Crippen LogP contribution in [0.5, 0.6) is 0 Å². The van der Waals surface area contributed by atoms with Gasteiger partial charge in [-0.3, -0.25) is 0 Å². The Morgan fingerprint density at radius 1 is 1.18 bits per heavy atom. The number of rotatable bonds is 4. The number of aliphatic hydroxyl groups excluding tert-OH is 1. The van der Waals surface area contributed by atoms with Crippen molar-refractivity contribution in [3.8, 4) is 0 Å². The number of carbonyl (C=O) groups excluding carboxylic acids is 1. The Labute approximate surface area is 134 Å². The molecule has 1 heterocycles. The maximum absolute atomic E-state index is 12.2. The topological polar surface area (TPSA) is 61.8 Å². The lowest BCUT2D eigenvalue weighted by Crippen LogP contribution is -2.45. The Balaban J connectivity index is 1.75. The number of likely N-dealkylation sites (tertiary alicyclic amines) is 1. The first-order valence-electron chi connectivity index (χ1n) is 8.75. The summed E-state index contributed by atoms with van der Waals surface area (Å²) in [6.07, 6.45) is 6.11. The highest BCUT2D eigenvalue weighted by atomic mass is 16.6. The molecule has 5 heteroatoms. The molecule has 22 heavy (non-hydrogen) atoms. The largest absolute Gasteiger partial charge is 0.444 e. The van der Waals surface area contributed by atoms with Gasteiger partial charge in [-0.25, -0.2) is 4.79 Å². The molecule has 0 bridgehead atoms. The van der Waals surface area contributed by atoms with Crippen LogP contribution in [0.4, 0.5) is 4.79 Å². The first kappa shape index (κ1) is 17.5. The molecule has 1 amide bonds. The highest BCUT2D eigenvalue weighted by molar-refractivity contribution is 5.69. The number of amides is 1. The van der Waals surface area contributed by atoms with Crippen LogP contribution in [0.1, 0.15) is 59.3 Å². The van der Waals surface area contributed by atoms with Crippen LogP contribution in [0.2, 0.25) is 0 Å². The van der Waals surface area contributed by atoms with Gasteiger partial charge in [-0.15, -0.1) is 0 Å². The molecule has 1 saturated carbocycles. The SMILES string of the molecule is CC(C)(C)OC(=O)N1CCCC1CNCC1CCCCC1O. The lowest BCUT2D eigenvalue weighted by molar-refractivity contribution is 0.0221. The maximum atomic E-state index is 12.2. The molecule has 3 unspecified atom stereocenters. The van der Waals surface area contributed by atoms with Crippen LogP contribution in [0, 0.1) is 5.92 Å². The summed E-state index contributed by atoms with van der Waals surface area (Å²) in [6.45, 7) is 8.13. The summed E-state index contributed by atoms with van der Waals surface area (Å²) in [4.78, 5) is 14.1. The van der Waals surface area contributed by atoms with Crippen molar-refractivity contribution in [2.75, 3.05) is 19.6 Å². The summed E-state index contributed by atoms with van der Waals surface area (Å²) in [5, 5.41) is 13.5. The van der Waals surface area contributed by atoms with E-state index in [0.717, 1.165) is 51.7 Å². The fraction of sp³-hybridized carbons (Fsp3) is 0.941. The molecule has 0 aromatic heterocycles. The molecule has 0 aromatic carbocycles. The van der Waals surface area contributed by atoms with Gasteiger partial charge in [-0.05, 0) is 52.4 Å². The van der Waals surface area contributed by atoms with Gasteiger partial charge in [-0.1, -0.05) is 12.8 Å². The quantitative estimate of drug-likeness (QED) is 0.837. The van der Waals surface area contributed by atoms with E-state index in [1.165, 1.54) is 6.42 Å². The zero-order chi connectivity index (χ0) is 16.2. The van der Waals surface area contributed by atoms with Gasteiger partial charge in [0.25, 0.3) is 0 Å². The molecular weight excluding hydrogens is 280 g/mol. The van der Waals surface area contributed by atoms with E-state index >= 15 is 0 Å². The van der Waals surface area contributed by atoms with Gasteiger partial charge in [0.2, 0.25) is 0 Å². The van der Waals surface area contributed by atoms with Crippen molar-refractivity contribution in [3.63, 3.8) is 0 Å². The van der Waals surface area contributed by atoms with Crippen LogP contribution in [0.15, 0.2) is 0 Å². The smallest absolute Gasteiger partial charge is 0.410 e. The van der Waals surface area contributed by atoms with Gasteiger partial charge < -0.3 is 20.1 Å². The highest BCUT2D eigenvalue weighted by Crippen LogP contribution is 2.24. The van der Waals surface area contributed by atoms with Crippen molar-refractivity contribution in [1.82, 2.24) is 10.2 Å². The number of hydrogen-bond donors (Lipinski definition) is 2. The lowest BCUT2D eigenvalue weighted by Gasteiger charge is -2.30. The van der Waals surface area contributed by atoms with Crippen molar-refractivity contribution in [2.24, 2.45) is 5.92 Å². The van der Waals surface area contributed by atoms with E-state index < -0.39 is 5.60 Å². The number of aliphatic hydroxyl groups is 1. The maximum Gasteiger partial charge on any atom is 0.410 e. The number of ether oxygens (including phenoxy) is 1.